The van der Waals surface area contributed by atoms with Gasteiger partial charge in [0.1, 0.15) is 4.90 Å². The van der Waals surface area contributed by atoms with Gasteiger partial charge in [-0.1, -0.05) is 54.1 Å². The first-order valence-corrected chi connectivity index (χ1v) is 11.1. The SMILES string of the molecule is NS(=O)(=O)c1ccccc1NS(=O)(=O)c1cccc(-c2ccccc2Cl)c1. The van der Waals surface area contributed by atoms with E-state index >= 15 is 0 Å². The summed E-state index contributed by atoms with van der Waals surface area (Å²) in [6.45, 7) is 0. The van der Waals surface area contributed by atoms with E-state index in [0.717, 1.165) is 0 Å². The van der Waals surface area contributed by atoms with Crippen molar-refractivity contribution in [3.63, 3.8) is 0 Å². The zero-order valence-electron chi connectivity index (χ0n) is 13.8. The van der Waals surface area contributed by atoms with Crippen LogP contribution in [0.4, 0.5) is 5.69 Å². The largest absolute Gasteiger partial charge is 0.278 e. The molecule has 0 spiro atoms. The summed E-state index contributed by atoms with van der Waals surface area (Å²) in [6, 6.07) is 18.8. The molecule has 3 aromatic carbocycles. The number of benzene rings is 3. The maximum absolute atomic E-state index is 12.8. The lowest BCUT2D eigenvalue weighted by Crippen LogP contribution is -2.18. The van der Waals surface area contributed by atoms with E-state index < -0.39 is 20.0 Å². The van der Waals surface area contributed by atoms with Crippen LogP contribution >= 0.6 is 11.6 Å². The topological polar surface area (TPSA) is 106 Å². The number of rotatable bonds is 5. The molecule has 0 amide bonds. The van der Waals surface area contributed by atoms with Gasteiger partial charge in [0.15, 0.2) is 0 Å². The Bertz CT molecular complexity index is 1210. The second-order valence-electron chi connectivity index (χ2n) is 5.65. The highest BCUT2D eigenvalue weighted by Crippen LogP contribution is 2.30. The molecule has 0 atom stereocenters. The van der Waals surface area contributed by atoms with Gasteiger partial charge in [-0.05, 0) is 35.9 Å². The van der Waals surface area contributed by atoms with Crippen LogP contribution < -0.4 is 9.86 Å². The molecule has 3 aromatic rings. The van der Waals surface area contributed by atoms with Gasteiger partial charge in [0.25, 0.3) is 10.0 Å². The highest BCUT2D eigenvalue weighted by atomic mass is 35.5. The fourth-order valence-electron chi connectivity index (χ4n) is 2.53. The molecule has 3 N–H and O–H groups in total. The number of hydrogen-bond acceptors (Lipinski definition) is 4. The second-order valence-corrected chi connectivity index (χ2v) is 9.27. The van der Waals surface area contributed by atoms with Crippen LogP contribution in [-0.4, -0.2) is 16.8 Å². The van der Waals surface area contributed by atoms with Gasteiger partial charge in [-0.2, -0.15) is 0 Å². The molecule has 0 radical (unpaired) electrons. The van der Waals surface area contributed by atoms with Crippen molar-refractivity contribution in [3.05, 3.63) is 77.8 Å². The average Bonchev–Trinajstić information content (AvgIpc) is 2.61. The third-order valence-electron chi connectivity index (χ3n) is 3.77. The van der Waals surface area contributed by atoms with Crippen LogP contribution in [0.2, 0.25) is 5.02 Å². The molecule has 6 nitrogen and oxygen atoms in total. The number of nitrogens with one attached hydrogen (secondary N) is 1. The Morgan fingerprint density at radius 1 is 0.815 bits per heavy atom. The summed E-state index contributed by atoms with van der Waals surface area (Å²) in [5.41, 5.74) is 1.17. The van der Waals surface area contributed by atoms with Crippen LogP contribution in [0.1, 0.15) is 0 Å². The van der Waals surface area contributed by atoms with E-state index in [9.17, 15) is 16.8 Å². The van der Waals surface area contributed by atoms with Crippen LogP contribution in [0, 0.1) is 0 Å². The molecule has 27 heavy (non-hydrogen) atoms. The number of anilines is 1. The van der Waals surface area contributed by atoms with Gasteiger partial charge in [-0.3, -0.25) is 4.72 Å². The monoisotopic (exact) mass is 422 g/mol. The van der Waals surface area contributed by atoms with E-state index in [0.29, 0.717) is 16.1 Å². The Balaban J connectivity index is 2.03. The highest BCUT2D eigenvalue weighted by molar-refractivity contribution is 7.93. The maximum atomic E-state index is 12.8. The first kappa shape index (κ1) is 19.4. The molecule has 3 rings (SSSR count). The van der Waals surface area contributed by atoms with Gasteiger partial charge >= 0.3 is 0 Å². The summed E-state index contributed by atoms with van der Waals surface area (Å²) >= 11 is 6.18. The van der Waals surface area contributed by atoms with Gasteiger partial charge in [0, 0.05) is 10.6 Å². The Kier molecular flexibility index (Phi) is 5.25. The number of hydrogen-bond donors (Lipinski definition) is 2. The smallest absolute Gasteiger partial charge is 0.261 e. The fraction of sp³-hybridized carbons (Fsp3) is 0. The number of nitrogens with two attached hydrogens (primary N) is 1. The Morgan fingerprint density at radius 2 is 1.48 bits per heavy atom. The van der Waals surface area contributed by atoms with Crippen molar-refractivity contribution in [2.24, 2.45) is 5.14 Å². The molecule has 0 aliphatic carbocycles. The minimum atomic E-state index is -4.09. The maximum Gasteiger partial charge on any atom is 0.261 e. The average molecular weight is 423 g/mol. The molecule has 0 saturated carbocycles. The summed E-state index contributed by atoms with van der Waals surface area (Å²) in [5.74, 6) is 0. The molecule has 0 saturated heterocycles. The van der Waals surface area contributed by atoms with Crippen LogP contribution in [0.5, 0.6) is 0 Å². The lowest BCUT2D eigenvalue weighted by molar-refractivity contribution is 0.598. The first-order chi connectivity index (χ1) is 12.7. The third kappa shape index (κ3) is 4.30. The van der Waals surface area contributed by atoms with Crippen molar-refractivity contribution in [1.82, 2.24) is 0 Å². The third-order valence-corrected chi connectivity index (χ3v) is 6.43. The van der Waals surface area contributed by atoms with Crippen LogP contribution in [-0.2, 0) is 20.0 Å². The Morgan fingerprint density at radius 3 is 2.19 bits per heavy atom. The molecule has 140 valence electrons. The lowest BCUT2D eigenvalue weighted by Gasteiger charge is -2.12. The summed E-state index contributed by atoms with van der Waals surface area (Å²) < 4.78 is 51.2. The summed E-state index contributed by atoms with van der Waals surface area (Å²) in [7, 11) is -8.14. The molecule has 0 heterocycles. The number of halogens is 1. The number of primary sulfonamides is 1. The van der Waals surface area contributed by atoms with E-state index in [4.69, 9.17) is 16.7 Å². The molecule has 0 aliphatic rings. The quantitative estimate of drug-likeness (QED) is 0.656. The fourth-order valence-corrected chi connectivity index (χ4v) is 4.66. The standard InChI is InChI=1S/C18H15ClN2O4S2/c19-16-9-2-1-8-15(16)13-6-5-7-14(12-13)27(24,25)21-17-10-3-4-11-18(17)26(20,22)23/h1-12,21H,(H2,20,22,23). The predicted molar refractivity (Wildman–Crippen MR) is 106 cm³/mol. The number of para-hydroxylation sites is 1. The molecular formula is C18H15ClN2O4S2. The minimum absolute atomic E-state index is 0.0378. The number of sulfonamides is 2. The van der Waals surface area contributed by atoms with E-state index in [2.05, 4.69) is 4.72 Å². The van der Waals surface area contributed by atoms with E-state index in [1.165, 1.54) is 36.4 Å². The molecule has 0 aliphatic heterocycles. The minimum Gasteiger partial charge on any atom is -0.278 e. The second kappa shape index (κ2) is 7.32. The summed E-state index contributed by atoms with van der Waals surface area (Å²) in [5, 5.41) is 5.64. The zero-order valence-corrected chi connectivity index (χ0v) is 16.2. The van der Waals surface area contributed by atoms with Gasteiger partial charge in [-0.15, -0.1) is 0 Å². The zero-order chi connectivity index (χ0) is 19.7. The normalized spacial score (nSPS) is 11.9. The molecule has 0 unspecified atom stereocenters. The van der Waals surface area contributed by atoms with Crippen molar-refractivity contribution in [2.75, 3.05) is 4.72 Å². The first-order valence-electron chi connectivity index (χ1n) is 7.68. The Labute approximate surface area is 162 Å². The van der Waals surface area contributed by atoms with E-state index in [-0.39, 0.29) is 15.5 Å². The molecule has 0 fully saturated rings. The van der Waals surface area contributed by atoms with Crippen molar-refractivity contribution >= 4 is 37.3 Å². The van der Waals surface area contributed by atoms with Gasteiger partial charge < -0.3 is 0 Å². The van der Waals surface area contributed by atoms with Crippen LogP contribution in [0.3, 0.4) is 0 Å². The lowest BCUT2D eigenvalue weighted by atomic mass is 10.1. The summed E-state index contributed by atoms with van der Waals surface area (Å²) in [6.07, 6.45) is 0. The molecule has 9 heteroatoms. The van der Waals surface area contributed by atoms with Gasteiger partial charge in [-0.25, -0.2) is 22.0 Å². The van der Waals surface area contributed by atoms with E-state index in [1.54, 1.807) is 36.4 Å². The Hall–Kier alpha value is -2.39. The highest BCUT2D eigenvalue weighted by Gasteiger charge is 2.20. The van der Waals surface area contributed by atoms with Gasteiger partial charge in [0.05, 0.1) is 10.6 Å². The van der Waals surface area contributed by atoms with Crippen molar-refractivity contribution in [3.8, 4) is 11.1 Å². The van der Waals surface area contributed by atoms with Crippen molar-refractivity contribution < 1.29 is 16.8 Å². The van der Waals surface area contributed by atoms with Gasteiger partial charge in [0.2, 0.25) is 10.0 Å². The van der Waals surface area contributed by atoms with Crippen molar-refractivity contribution in [1.29, 1.82) is 0 Å². The van der Waals surface area contributed by atoms with Crippen molar-refractivity contribution in [2.45, 2.75) is 9.79 Å². The predicted octanol–water partition coefficient (Wildman–Crippen LogP) is 3.46. The van der Waals surface area contributed by atoms with Crippen LogP contribution in [0.15, 0.2) is 82.6 Å². The molecular weight excluding hydrogens is 408 g/mol. The van der Waals surface area contributed by atoms with E-state index in [1.807, 2.05) is 0 Å². The van der Waals surface area contributed by atoms with Crippen LogP contribution in [0.25, 0.3) is 11.1 Å². The summed E-state index contributed by atoms with van der Waals surface area (Å²) in [4.78, 5) is -0.347. The molecule has 0 bridgehead atoms. The molecule has 0 aromatic heterocycles.